The SMILES string of the molecule is C/C=C/c1ccccc1OCc1cc(CNCC)sc1C. The number of allylic oxidation sites excluding steroid dienone is 1. The first kappa shape index (κ1) is 15.8. The van der Waals surface area contributed by atoms with E-state index in [2.05, 4.69) is 37.4 Å². The average molecular weight is 301 g/mol. The standard InChI is InChI=1S/C18H23NOS/c1-4-8-15-9-6-7-10-18(15)20-13-16-11-17(12-19-5-2)21-14(16)3/h4,6-11,19H,5,12-13H2,1-3H3/b8-4+. The summed E-state index contributed by atoms with van der Waals surface area (Å²) in [4.78, 5) is 2.71. The van der Waals surface area contributed by atoms with E-state index >= 15 is 0 Å². The maximum absolute atomic E-state index is 6.01. The van der Waals surface area contributed by atoms with Gasteiger partial charge in [-0.25, -0.2) is 0 Å². The molecular weight excluding hydrogens is 278 g/mol. The van der Waals surface area contributed by atoms with Gasteiger partial charge in [0.1, 0.15) is 12.4 Å². The van der Waals surface area contributed by atoms with Gasteiger partial charge in [-0.05, 0) is 32.5 Å². The molecule has 1 aromatic heterocycles. The molecule has 0 aliphatic carbocycles. The maximum Gasteiger partial charge on any atom is 0.127 e. The molecular formula is C18H23NOS. The first-order chi connectivity index (χ1) is 10.2. The zero-order valence-corrected chi connectivity index (χ0v) is 13.8. The molecule has 0 bridgehead atoms. The number of hydrogen-bond acceptors (Lipinski definition) is 3. The van der Waals surface area contributed by atoms with Crippen molar-refractivity contribution in [2.24, 2.45) is 0 Å². The lowest BCUT2D eigenvalue weighted by Gasteiger charge is -2.08. The predicted octanol–water partition coefficient (Wildman–Crippen LogP) is 4.78. The highest BCUT2D eigenvalue weighted by Gasteiger charge is 2.07. The third-order valence-corrected chi connectivity index (χ3v) is 4.36. The summed E-state index contributed by atoms with van der Waals surface area (Å²) in [6.07, 6.45) is 4.11. The van der Waals surface area contributed by atoms with Gasteiger partial charge < -0.3 is 10.1 Å². The Balaban J connectivity index is 2.04. The van der Waals surface area contributed by atoms with Gasteiger partial charge in [-0.3, -0.25) is 0 Å². The highest BCUT2D eigenvalue weighted by Crippen LogP contribution is 2.25. The third kappa shape index (κ3) is 4.45. The van der Waals surface area contributed by atoms with Crippen LogP contribution in [-0.2, 0) is 13.2 Å². The van der Waals surface area contributed by atoms with Crippen molar-refractivity contribution in [2.75, 3.05) is 6.54 Å². The lowest BCUT2D eigenvalue weighted by atomic mass is 10.2. The molecule has 2 aromatic rings. The lowest BCUT2D eigenvalue weighted by molar-refractivity contribution is 0.305. The molecule has 112 valence electrons. The van der Waals surface area contributed by atoms with Gasteiger partial charge in [0.05, 0.1) is 0 Å². The van der Waals surface area contributed by atoms with Crippen LogP contribution in [0.4, 0.5) is 0 Å². The van der Waals surface area contributed by atoms with Crippen molar-refractivity contribution in [3.05, 3.63) is 57.3 Å². The van der Waals surface area contributed by atoms with Crippen molar-refractivity contribution in [3.63, 3.8) is 0 Å². The Morgan fingerprint density at radius 1 is 1.29 bits per heavy atom. The fourth-order valence-electron chi connectivity index (χ4n) is 2.15. The molecule has 0 radical (unpaired) electrons. The Bertz CT molecular complexity index is 601. The average Bonchev–Trinajstić information content (AvgIpc) is 2.85. The van der Waals surface area contributed by atoms with Crippen LogP contribution in [0.5, 0.6) is 5.75 Å². The number of rotatable bonds is 7. The van der Waals surface area contributed by atoms with Crippen molar-refractivity contribution in [2.45, 2.75) is 33.9 Å². The highest BCUT2D eigenvalue weighted by molar-refractivity contribution is 7.12. The van der Waals surface area contributed by atoms with E-state index in [1.165, 1.54) is 15.3 Å². The monoisotopic (exact) mass is 301 g/mol. The minimum atomic E-state index is 0.628. The molecule has 0 unspecified atom stereocenters. The number of ether oxygens (including phenoxy) is 1. The second-order valence-corrected chi connectivity index (χ2v) is 6.24. The summed E-state index contributed by atoms with van der Waals surface area (Å²) in [5.74, 6) is 0.939. The Kier molecular flexibility index (Phi) is 6.03. The van der Waals surface area contributed by atoms with Gasteiger partial charge in [0.15, 0.2) is 0 Å². The Morgan fingerprint density at radius 3 is 2.86 bits per heavy atom. The zero-order valence-electron chi connectivity index (χ0n) is 13.0. The fraction of sp³-hybridized carbons (Fsp3) is 0.333. The van der Waals surface area contributed by atoms with E-state index in [1.807, 2.05) is 42.5 Å². The van der Waals surface area contributed by atoms with Gasteiger partial charge in [-0.2, -0.15) is 0 Å². The summed E-state index contributed by atoms with van der Waals surface area (Å²) in [6, 6.07) is 10.4. The summed E-state index contributed by atoms with van der Waals surface area (Å²) in [5, 5.41) is 3.37. The molecule has 2 rings (SSSR count). The lowest BCUT2D eigenvalue weighted by Crippen LogP contribution is -2.10. The van der Waals surface area contributed by atoms with Crippen LogP contribution >= 0.6 is 11.3 Å². The molecule has 3 heteroatoms. The molecule has 0 amide bonds. The molecule has 1 N–H and O–H groups in total. The van der Waals surface area contributed by atoms with Gasteiger partial charge >= 0.3 is 0 Å². The minimum absolute atomic E-state index is 0.628. The van der Waals surface area contributed by atoms with E-state index in [1.54, 1.807) is 0 Å². The molecule has 0 spiro atoms. The fourth-order valence-corrected chi connectivity index (χ4v) is 3.17. The third-order valence-electron chi connectivity index (χ3n) is 3.27. The van der Waals surface area contributed by atoms with E-state index in [9.17, 15) is 0 Å². The Hall–Kier alpha value is -1.58. The smallest absolute Gasteiger partial charge is 0.127 e. The largest absolute Gasteiger partial charge is 0.488 e. The normalized spacial score (nSPS) is 11.2. The number of hydrogen-bond donors (Lipinski definition) is 1. The Morgan fingerprint density at radius 2 is 2.10 bits per heavy atom. The minimum Gasteiger partial charge on any atom is -0.488 e. The van der Waals surface area contributed by atoms with Gasteiger partial charge in [0.2, 0.25) is 0 Å². The number of aryl methyl sites for hydroxylation is 1. The summed E-state index contributed by atoms with van der Waals surface area (Å²) in [7, 11) is 0. The van der Waals surface area contributed by atoms with E-state index < -0.39 is 0 Å². The van der Waals surface area contributed by atoms with Crippen LogP contribution in [-0.4, -0.2) is 6.54 Å². The van der Waals surface area contributed by atoms with Crippen LogP contribution in [0.3, 0.4) is 0 Å². The summed E-state index contributed by atoms with van der Waals surface area (Å²) in [5.41, 5.74) is 2.41. The van der Waals surface area contributed by atoms with Gasteiger partial charge in [-0.15, -0.1) is 11.3 Å². The highest BCUT2D eigenvalue weighted by atomic mass is 32.1. The van der Waals surface area contributed by atoms with E-state index in [0.717, 1.165) is 24.4 Å². The molecule has 1 aromatic carbocycles. The van der Waals surface area contributed by atoms with E-state index in [-0.39, 0.29) is 0 Å². The van der Waals surface area contributed by atoms with Crippen molar-refractivity contribution in [1.29, 1.82) is 0 Å². The molecule has 0 aliphatic heterocycles. The summed E-state index contributed by atoms with van der Waals surface area (Å²) < 4.78 is 6.01. The van der Waals surface area contributed by atoms with Gasteiger partial charge in [0.25, 0.3) is 0 Å². The van der Waals surface area contributed by atoms with Crippen LogP contribution in [0, 0.1) is 6.92 Å². The molecule has 0 saturated heterocycles. The van der Waals surface area contributed by atoms with Crippen molar-refractivity contribution in [1.82, 2.24) is 5.32 Å². The first-order valence-corrected chi connectivity index (χ1v) is 8.19. The number of benzene rings is 1. The molecule has 0 saturated carbocycles. The van der Waals surface area contributed by atoms with Crippen LogP contribution < -0.4 is 10.1 Å². The van der Waals surface area contributed by atoms with E-state index in [0.29, 0.717) is 6.61 Å². The zero-order chi connectivity index (χ0) is 15.1. The summed E-state index contributed by atoms with van der Waals surface area (Å²) >= 11 is 1.85. The number of thiophene rings is 1. The first-order valence-electron chi connectivity index (χ1n) is 7.38. The second-order valence-electron chi connectivity index (χ2n) is 4.90. The number of nitrogens with one attached hydrogen (secondary N) is 1. The predicted molar refractivity (Wildman–Crippen MR) is 91.9 cm³/mol. The van der Waals surface area contributed by atoms with Crippen molar-refractivity contribution < 1.29 is 4.74 Å². The summed E-state index contributed by atoms with van der Waals surface area (Å²) in [6.45, 7) is 8.88. The Labute approximate surface area is 131 Å². The second kappa shape index (κ2) is 8.01. The molecule has 2 nitrogen and oxygen atoms in total. The molecule has 0 atom stereocenters. The van der Waals surface area contributed by atoms with Crippen LogP contribution in [0.25, 0.3) is 6.08 Å². The molecule has 1 heterocycles. The number of para-hydroxylation sites is 1. The van der Waals surface area contributed by atoms with E-state index in [4.69, 9.17) is 4.74 Å². The van der Waals surface area contributed by atoms with Gasteiger partial charge in [-0.1, -0.05) is 37.3 Å². The maximum atomic E-state index is 6.01. The van der Waals surface area contributed by atoms with Crippen molar-refractivity contribution in [3.8, 4) is 5.75 Å². The molecule has 0 fully saturated rings. The van der Waals surface area contributed by atoms with Gasteiger partial charge in [0, 0.05) is 27.4 Å². The van der Waals surface area contributed by atoms with Crippen LogP contribution in [0.2, 0.25) is 0 Å². The quantitative estimate of drug-likeness (QED) is 0.794. The topological polar surface area (TPSA) is 21.3 Å². The van der Waals surface area contributed by atoms with Crippen LogP contribution in [0.1, 0.15) is 34.7 Å². The van der Waals surface area contributed by atoms with Crippen LogP contribution in [0.15, 0.2) is 36.4 Å². The van der Waals surface area contributed by atoms with Crippen molar-refractivity contribution >= 4 is 17.4 Å². The molecule has 0 aliphatic rings. The molecule has 21 heavy (non-hydrogen) atoms.